The van der Waals surface area contributed by atoms with Crippen molar-refractivity contribution in [1.82, 2.24) is 67.3 Å². The van der Waals surface area contributed by atoms with E-state index in [0.29, 0.717) is 0 Å². The predicted molar refractivity (Wildman–Crippen MR) is 480 cm³/mol. The van der Waals surface area contributed by atoms with Crippen LogP contribution in [0.15, 0.2) is 86.8 Å². The van der Waals surface area contributed by atoms with Crippen LogP contribution in [0.2, 0.25) is 0 Å². The molecule has 13 rings (SSSR count). The van der Waals surface area contributed by atoms with Crippen molar-refractivity contribution < 1.29 is 150 Å². The maximum atomic E-state index is 15.2. The summed E-state index contributed by atoms with van der Waals surface area (Å²) >= 11 is 16.9. The number of aromatic amines is 4. The molecule has 27 atom stereocenters. The Morgan fingerprint density at radius 3 is 1.21 bits per heavy atom. The molecule has 14 N–H and O–H groups in total. The first-order chi connectivity index (χ1) is 65.3. The zero-order chi connectivity index (χ0) is 99.9. The van der Waals surface area contributed by atoms with Crippen molar-refractivity contribution in [3.8, 4) is 0 Å². The lowest BCUT2D eigenvalue weighted by Gasteiger charge is -2.30. The molecule has 0 saturated carbocycles. The summed E-state index contributed by atoms with van der Waals surface area (Å²) in [6.45, 7) is -12.4. The number of nitrogen functional groups attached to an aromatic ring is 2. The lowest BCUT2D eigenvalue weighted by atomic mass is 10.1. The molecule has 0 radical (unpaired) electrons. The van der Waals surface area contributed by atoms with Crippen molar-refractivity contribution in [1.29, 1.82) is 0 Å². The Kier molecular flexibility index (Phi) is 36.3. The summed E-state index contributed by atoms with van der Waals surface area (Å²) < 4.78 is 179. The molecular weight excluding hydrogens is 2010 g/mol. The average Bonchev–Trinajstić information content (AvgIpc) is 1.62. The Morgan fingerprint density at radius 2 is 0.761 bits per heavy atom. The van der Waals surface area contributed by atoms with Gasteiger partial charge in [0, 0.05) is 100 Å². The molecule has 6 fully saturated rings. The number of H-pyrrole nitrogens is 4. The molecule has 138 heavy (non-hydrogen) atoms. The Bertz CT molecular complexity index is 6310. The van der Waals surface area contributed by atoms with Gasteiger partial charge in [0.1, 0.15) is 116 Å². The summed E-state index contributed by atoms with van der Waals surface area (Å²) in [7, 11) is -6.27. The molecule has 0 aromatic carbocycles. The van der Waals surface area contributed by atoms with E-state index in [-0.39, 0.29) is 103 Å². The fraction of sp³-hybridized carbons (Fsp3) is 0.658. The second-order valence-corrected chi connectivity index (χ2v) is 43.2. The van der Waals surface area contributed by atoms with E-state index in [1.807, 2.05) is 0 Å². The third-order valence-electron chi connectivity index (χ3n) is 22.5. The molecule has 13 heterocycles. The number of aromatic nitrogens is 14. The summed E-state index contributed by atoms with van der Waals surface area (Å²) in [6, 6.07) is 0. The van der Waals surface area contributed by atoms with Gasteiger partial charge in [-0.05, 0) is 76.5 Å². The smallest absolute Gasteiger partial charge is 0.387 e. The molecule has 0 spiro atoms. The largest absolute Gasteiger partial charge is 0.472 e. The number of phosphoric ester groups is 2. The molecule has 0 aliphatic carbocycles. The van der Waals surface area contributed by atoms with Gasteiger partial charge in [-0.2, -0.15) is 4.98 Å². The molecule has 7 aromatic rings. The van der Waals surface area contributed by atoms with Gasteiger partial charge in [0.2, 0.25) is 0 Å². The predicted octanol–water partition coefficient (Wildman–Crippen LogP) is -2.09. The molecule has 6 aliphatic rings. The summed E-state index contributed by atoms with van der Waals surface area (Å²) in [5.74, 6) is -0.223. The van der Waals surface area contributed by atoms with Crippen molar-refractivity contribution in [3.63, 3.8) is 0 Å². The number of ether oxygens (including phenoxy) is 14. The quantitative estimate of drug-likeness (QED) is 0.0144. The van der Waals surface area contributed by atoms with Crippen LogP contribution < -0.4 is 62.2 Å². The van der Waals surface area contributed by atoms with Crippen molar-refractivity contribution in [3.05, 3.63) is 165 Å². The fourth-order valence-corrected chi connectivity index (χ4v) is 22.0. The Morgan fingerprint density at radius 1 is 0.406 bits per heavy atom. The monoisotopic (exact) mass is 2110 g/mol. The van der Waals surface area contributed by atoms with Crippen LogP contribution in [0.4, 0.5) is 11.6 Å². The van der Waals surface area contributed by atoms with Crippen LogP contribution in [0.25, 0.3) is 11.2 Å². The third kappa shape index (κ3) is 26.0. The van der Waals surface area contributed by atoms with Crippen molar-refractivity contribution in [2.75, 3.05) is 126 Å². The lowest BCUT2D eigenvalue weighted by molar-refractivity contribution is -0.0849. The SMILES string of the molecule is CC[C@H]1O[C@@H](n2cc(C)c(=O)[nH]c2=O)C[C@H]1OP(O)(=S)OC[C@H]1O[C@@H](n2cc(C)c(=O)[nH]c2=O)C[C@H]1OP(=O)(O)OC[C@H]1O[C@@H](n2cc(C)c(N)nc2=O)C(OCCOC)[C@H]1OP(=O)(O)OC[C@H]1O[C@@H](n2cc(C)c(=O)[nH]c2=O)C(OCCOC)[C@H]1OP(O)(=S)OC[C@H]1O[C@@H](n2cc(C)c(=O)[nH]c2=O)C(OCCOC)[C@H]1OP(O)(=S)OC[C@H]1O[C@@H](n2cnc3c(N)ncnc32)C(OCCOC)[C@H]1O. The second kappa shape index (κ2) is 46.3. The number of hydrogen-bond acceptors (Lipinski definition) is 45. The fourth-order valence-electron chi connectivity index (χ4n) is 15.7. The zero-order valence-corrected chi connectivity index (χ0v) is 82.0. The number of aliphatic hydroxyl groups is 1. The number of methoxy groups -OCH3 is 4. The van der Waals surface area contributed by atoms with E-state index in [9.17, 15) is 77.3 Å². The summed E-state index contributed by atoms with van der Waals surface area (Å²) in [6.07, 6.45) is -27.1. The summed E-state index contributed by atoms with van der Waals surface area (Å²) in [4.78, 5) is 205. The van der Waals surface area contributed by atoms with Crippen LogP contribution in [-0.4, -0.2) is 309 Å². The minimum Gasteiger partial charge on any atom is -0.387 e. The molecule has 9 unspecified atom stereocenters. The molecule has 6 aliphatic heterocycles. The number of phosphoric acid groups is 2. The first kappa shape index (κ1) is 108. The molecule has 0 bridgehead atoms. The molecule has 7 aromatic heterocycles. The highest BCUT2D eigenvalue weighted by atomic mass is 32.5. The van der Waals surface area contributed by atoms with Gasteiger partial charge < -0.3 is 125 Å². The van der Waals surface area contributed by atoms with Crippen molar-refractivity contribution in [2.24, 2.45) is 0 Å². The molecule has 6 saturated heterocycles. The highest BCUT2D eigenvalue weighted by molar-refractivity contribution is 8.07. The zero-order valence-electron chi connectivity index (χ0n) is 75.1. The van der Waals surface area contributed by atoms with Gasteiger partial charge in [0.05, 0.1) is 104 Å². The van der Waals surface area contributed by atoms with Gasteiger partial charge in [-0.15, -0.1) is 0 Å². The Hall–Kier alpha value is -7.04. The minimum absolute atomic E-state index is 0.0120. The van der Waals surface area contributed by atoms with E-state index in [4.69, 9.17) is 158 Å². The van der Waals surface area contributed by atoms with Gasteiger partial charge in [-0.1, -0.05) is 6.92 Å². The van der Waals surface area contributed by atoms with E-state index in [2.05, 4.69) is 39.9 Å². The van der Waals surface area contributed by atoms with Crippen LogP contribution in [0.1, 0.15) is 91.4 Å². The molecule has 57 nitrogen and oxygen atoms in total. The number of hydrogen-bond donors (Lipinski definition) is 12. The number of rotatable bonds is 48. The van der Waals surface area contributed by atoms with Gasteiger partial charge >= 0.3 is 64.2 Å². The van der Waals surface area contributed by atoms with Gasteiger partial charge in [0.25, 0.3) is 22.2 Å². The molecule has 65 heteroatoms. The first-order valence-electron chi connectivity index (χ1n) is 42.2. The van der Waals surface area contributed by atoms with E-state index < -0.39 is 274 Å². The first-order valence-corrected chi connectivity index (χ1v) is 53.0. The number of imidazole rings is 1. The second-order valence-electron chi connectivity index (χ2n) is 32.0. The number of anilines is 2. The van der Waals surface area contributed by atoms with Crippen LogP contribution in [-0.2, 0) is 156 Å². The third-order valence-corrected chi connectivity index (χ3v) is 29.2. The van der Waals surface area contributed by atoms with Gasteiger partial charge in [0.15, 0.2) is 36.4 Å². The Balaban J connectivity index is 0.775. The number of nitrogens with zero attached hydrogens (tertiary/aromatic N) is 10. The summed E-state index contributed by atoms with van der Waals surface area (Å²) in [5, 5.41) is 11.9. The van der Waals surface area contributed by atoms with Crippen LogP contribution >= 0.6 is 35.8 Å². The van der Waals surface area contributed by atoms with Crippen LogP contribution in [0.5, 0.6) is 0 Å². The van der Waals surface area contributed by atoms with E-state index in [0.717, 1.165) is 41.4 Å². The van der Waals surface area contributed by atoms with Crippen LogP contribution in [0, 0.1) is 34.6 Å². The highest BCUT2D eigenvalue weighted by Crippen LogP contribution is 2.57. The molecular formula is C73H105N16O41P5S3. The highest BCUT2D eigenvalue weighted by Gasteiger charge is 2.57. The molecule has 766 valence electrons. The van der Waals surface area contributed by atoms with E-state index in [1.165, 1.54) is 92.7 Å². The van der Waals surface area contributed by atoms with E-state index >= 15 is 4.57 Å². The van der Waals surface area contributed by atoms with Gasteiger partial charge in [-0.25, -0.2) is 48.1 Å². The average molecular weight is 2110 g/mol. The molecule has 0 amide bonds. The van der Waals surface area contributed by atoms with Crippen LogP contribution in [0.3, 0.4) is 0 Å². The minimum atomic E-state index is -5.93. The number of fused-ring (bicyclic) bond motifs is 1. The van der Waals surface area contributed by atoms with E-state index in [1.54, 1.807) is 6.92 Å². The normalized spacial score (nSPS) is 29.4. The Labute approximate surface area is 794 Å². The number of aryl methyl sites for hydroxylation is 5. The topological polar surface area (TPSA) is 727 Å². The maximum absolute atomic E-state index is 15.2. The number of nitrogens with one attached hydrogen (secondary N) is 4. The standard InChI is InChI=1S/C73H105N16O41P5S3/c1-11-39-40(20-47(120-39)84-23-35(3)61(91)80-70(84)96)127-133(104,136)117-27-42-41(21-48(121-42)85-24-36(4)62(92)81-71(85)97)126-131(100,101)115-29-44-51(55(112-17-13-108-8)66(123-44)86-22-34(2)58(74)79-69(86)95)128-132(102,103)116-30-45-52(56(113-18-14-109-9)67(124-45)87-25-37(5)63(93)82-72(87)98)129-135(106,138)119-31-46-53(57(114-19-15-110-10)68(125-46)88-26-38(6)64(94)83-73(88)99)130-134(105,137)118-28-43-50(90)54(111-16-12-107-7)65(122-43)89-33-78-49-59(75)76-32-77-60(49)89/h22-26,32-33,39-48,50-57,65-68,90H,11-21,27-31H2,1-10H3,(H,100,101)(H,102,103)(H,104,136)(H,105,137)(H,106,138)(H2,74,79,95)(H2,75,76,77)(H,80,91,96)(H,81,92,97)(H,82,93,98)(H,83,94,99)/t39-,40-,41-,42-,43-,44-,45-,46-,47-,48-,50+,51+,52+,53+,54?,55?,56?,57?,65-,66-,67-,68-,133?,134?,135?/m1/s1. The van der Waals surface area contributed by atoms with Gasteiger partial charge in [-0.3, -0.25) is 93.7 Å². The maximum Gasteiger partial charge on any atom is 0.472 e. The number of nitrogens with two attached hydrogens (primary N) is 2. The number of aliphatic hydroxyl groups excluding tert-OH is 1. The summed E-state index contributed by atoms with van der Waals surface area (Å²) in [5.41, 5.74) is 4.60. The lowest BCUT2D eigenvalue weighted by Crippen LogP contribution is -2.42. The van der Waals surface area contributed by atoms with Crippen molar-refractivity contribution >= 4 is 94.0 Å². The van der Waals surface area contributed by atoms with Crippen molar-refractivity contribution in [2.45, 2.75) is 196 Å².